The van der Waals surface area contributed by atoms with Crippen LogP contribution in [0.15, 0.2) is 30.9 Å². The molecule has 0 aliphatic carbocycles. The Kier molecular flexibility index (Phi) is 4.69. The maximum Gasteiger partial charge on any atom is 0.330 e. The van der Waals surface area contributed by atoms with E-state index in [1.54, 1.807) is 0 Å². The number of ether oxygens (including phenoxy) is 1. The standard InChI is InChI=1S/C11H10N2O6/c1-2-11(14)19-4-3-8-5-9(12(15)16)7-10(6-8)13(17)18/h2,5-7H,1,3-4H2. The largest absolute Gasteiger partial charge is 0.462 e. The highest BCUT2D eigenvalue weighted by Crippen LogP contribution is 2.22. The lowest BCUT2D eigenvalue weighted by molar-refractivity contribution is -0.394. The monoisotopic (exact) mass is 266 g/mol. The summed E-state index contributed by atoms with van der Waals surface area (Å²) in [5.74, 6) is -0.625. The second kappa shape index (κ2) is 6.24. The van der Waals surface area contributed by atoms with E-state index in [0.717, 1.165) is 12.1 Å². The van der Waals surface area contributed by atoms with E-state index in [2.05, 4.69) is 6.58 Å². The lowest BCUT2D eigenvalue weighted by Gasteiger charge is -2.03. The number of benzene rings is 1. The molecule has 0 aliphatic rings. The second-order valence-corrected chi connectivity index (χ2v) is 3.49. The molecule has 8 heteroatoms. The third-order valence-electron chi connectivity index (χ3n) is 2.19. The van der Waals surface area contributed by atoms with E-state index in [1.807, 2.05) is 0 Å². The Balaban J connectivity index is 2.87. The SMILES string of the molecule is C=CC(=O)OCCc1cc([N+](=O)[O-])cc([N+](=O)[O-])c1. The molecule has 0 saturated heterocycles. The van der Waals surface area contributed by atoms with Crippen LogP contribution in [0.5, 0.6) is 0 Å². The number of nitro benzene ring substituents is 2. The zero-order chi connectivity index (χ0) is 14.4. The van der Waals surface area contributed by atoms with Crippen LogP contribution in [-0.2, 0) is 16.0 Å². The molecule has 1 aromatic rings. The van der Waals surface area contributed by atoms with Gasteiger partial charge in [0.25, 0.3) is 11.4 Å². The molecule has 0 N–H and O–H groups in total. The molecule has 8 nitrogen and oxygen atoms in total. The molecular weight excluding hydrogens is 256 g/mol. The Hall–Kier alpha value is -2.77. The van der Waals surface area contributed by atoms with Gasteiger partial charge in [0.15, 0.2) is 0 Å². The van der Waals surface area contributed by atoms with Crippen molar-refractivity contribution >= 4 is 17.3 Å². The number of nitro groups is 2. The Morgan fingerprint density at radius 2 is 1.74 bits per heavy atom. The van der Waals surface area contributed by atoms with Crippen molar-refractivity contribution in [1.29, 1.82) is 0 Å². The third kappa shape index (κ3) is 4.19. The van der Waals surface area contributed by atoms with Crippen molar-refractivity contribution in [2.24, 2.45) is 0 Å². The highest BCUT2D eigenvalue weighted by atomic mass is 16.6. The van der Waals surface area contributed by atoms with Crippen LogP contribution in [0.4, 0.5) is 11.4 Å². The summed E-state index contributed by atoms with van der Waals surface area (Å²) in [6.45, 7) is 3.17. The summed E-state index contributed by atoms with van der Waals surface area (Å²) >= 11 is 0. The Bertz CT molecular complexity index is 508. The van der Waals surface area contributed by atoms with Crippen molar-refractivity contribution < 1.29 is 19.4 Å². The van der Waals surface area contributed by atoms with Crippen LogP contribution in [0.25, 0.3) is 0 Å². The number of hydrogen-bond donors (Lipinski definition) is 0. The molecule has 0 fully saturated rings. The van der Waals surface area contributed by atoms with Crippen LogP contribution < -0.4 is 0 Å². The molecule has 0 spiro atoms. The topological polar surface area (TPSA) is 113 Å². The van der Waals surface area contributed by atoms with Crippen LogP contribution in [0.2, 0.25) is 0 Å². The summed E-state index contributed by atoms with van der Waals surface area (Å²) in [6, 6.07) is 3.28. The highest BCUT2D eigenvalue weighted by molar-refractivity contribution is 5.81. The Morgan fingerprint density at radius 1 is 1.21 bits per heavy atom. The van der Waals surface area contributed by atoms with Gasteiger partial charge in [-0.25, -0.2) is 4.79 Å². The van der Waals surface area contributed by atoms with Crippen LogP contribution in [0.3, 0.4) is 0 Å². The minimum atomic E-state index is -0.716. The molecule has 0 radical (unpaired) electrons. The first kappa shape index (κ1) is 14.3. The van der Waals surface area contributed by atoms with Crippen molar-refractivity contribution in [2.45, 2.75) is 6.42 Å². The average molecular weight is 266 g/mol. The van der Waals surface area contributed by atoms with Crippen molar-refractivity contribution in [1.82, 2.24) is 0 Å². The molecule has 0 atom stereocenters. The van der Waals surface area contributed by atoms with Gasteiger partial charge in [-0.2, -0.15) is 0 Å². The van der Waals surface area contributed by atoms with Gasteiger partial charge in [-0.05, 0) is 5.56 Å². The van der Waals surface area contributed by atoms with Crippen LogP contribution in [0.1, 0.15) is 5.56 Å². The Morgan fingerprint density at radius 3 is 2.16 bits per heavy atom. The molecule has 1 rings (SSSR count). The van der Waals surface area contributed by atoms with E-state index >= 15 is 0 Å². The second-order valence-electron chi connectivity index (χ2n) is 3.49. The first-order chi connectivity index (χ1) is 8.93. The summed E-state index contributed by atoms with van der Waals surface area (Å²) < 4.78 is 4.70. The molecule has 1 aromatic carbocycles. The summed E-state index contributed by atoms with van der Waals surface area (Å²) in [5.41, 5.74) is -0.406. The van der Waals surface area contributed by atoms with Crippen LogP contribution >= 0.6 is 0 Å². The fraction of sp³-hybridized carbons (Fsp3) is 0.182. The minimum absolute atomic E-state index is 0.0385. The van der Waals surface area contributed by atoms with Gasteiger partial charge in [0.2, 0.25) is 0 Å². The van der Waals surface area contributed by atoms with Crippen LogP contribution in [0, 0.1) is 20.2 Å². The molecule has 0 aliphatic heterocycles. The zero-order valence-corrected chi connectivity index (χ0v) is 9.77. The third-order valence-corrected chi connectivity index (χ3v) is 2.19. The number of rotatable bonds is 6. The van der Waals surface area contributed by atoms with Gasteiger partial charge in [0.1, 0.15) is 0 Å². The zero-order valence-electron chi connectivity index (χ0n) is 9.77. The van der Waals surface area contributed by atoms with E-state index in [4.69, 9.17) is 4.74 Å². The van der Waals surface area contributed by atoms with Crippen molar-refractivity contribution in [2.75, 3.05) is 6.61 Å². The molecule has 0 bridgehead atoms. The number of carbonyl (C=O) groups excluding carboxylic acids is 1. The fourth-order valence-electron chi connectivity index (χ4n) is 1.34. The fourth-order valence-corrected chi connectivity index (χ4v) is 1.34. The molecule has 100 valence electrons. The number of non-ortho nitro benzene ring substituents is 2. The predicted molar refractivity (Wildman–Crippen MR) is 64.6 cm³/mol. The van der Waals surface area contributed by atoms with Gasteiger partial charge in [0, 0.05) is 24.6 Å². The maximum absolute atomic E-state index is 10.8. The van der Waals surface area contributed by atoms with Crippen molar-refractivity contribution in [3.8, 4) is 0 Å². The maximum atomic E-state index is 10.8. The highest BCUT2D eigenvalue weighted by Gasteiger charge is 2.16. The normalized spacial score (nSPS) is 9.68. The first-order valence-corrected chi connectivity index (χ1v) is 5.16. The molecule has 0 saturated carbocycles. The smallest absolute Gasteiger partial charge is 0.330 e. The van der Waals surface area contributed by atoms with E-state index in [-0.39, 0.29) is 24.4 Å². The van der Waals surface area contributed by atoms with Gasteiger partial charge >= 0.3 is 5.97 Å². The van der Waals surface area contributed by atoms with Gasteiger partial charge in [-0.15, -0.1) is 0 Å². The summed E-state index contributed by atoms with van der Waals surface area (Å²) in [5, 5.41) is 21.3. The van der Waals surface area contributed by atoms with Crippen molar-refractivity contribution in [3.63, 3.8) is 0 Å². The predicted octanol–water partition coefficient (Wildman–Crippen LogP) is 1.77. The number of esters is 1. The van der Waals surface area contributed by atoms with Gasteiger partial charge < -0.3 is 4.74 Å². The van der Waals surface area contributed by atoms with Gasteiger partial charge in [0.05, 0.1) is 22.5 Å². The first-order valence-electron chi connectivity index (χ1n) is 5.16. The molecule has 0 aromatic heterocycles. The van der Waals surface area contributed by atoms with Crippen LogP contribution in [-0.4, -0.2) is 22.4 Å². The lowest BCUT2D eigenvalue weighted by Crippen LogP contribution is -2.05. The molecule has 0 amide bonds. The van der Waals surface area contributed by atoms with Gasteiger partial charge in [-0.3, -0.25) is 20.2 Å². The summed E-state index contributed by atoms with van der Waals surface area (Å²) in [7, 11) is 0. The van der Waals surface area contributed by atoms with E-state index in [1.165, 1.54) is 12.1 Å². The molecule has 0 heterocycles. The lowest BCUT2D eigenvalue weighted by atomic mass is 10.1. The molecule has 0 unspecified atom stereocenters. The minimum Gasteiger partial charge on any atom is -0.462 e. The van der Waals surface area contributed by atoms with E-state index in [9.17, 15) is 25.0 Å². The summed E-state index contributed by atoms with van der Waals surface area (Å²) in [6.07, 6.45) is 1.12. The average Bonchev–Trinajstić information content (AvgIpc) is 2.38. The number of nitrogens with zero attached hydrogens (tertiary/aromatic N) is 2. The molecular formula is C11H10N2O6. The Labute approximate surface area is 107 Å². The number of carbonyl (C=O) groups is 1. The van der Waals surface area contributed by atoms with E-state index < -0.39 is 15.8 Å². The number of hydrogen-bond acceptors (Lipinski definition) is 6. The molecule has 19 heavy (non-hydrogen) atoms. The van der Waals surface area contributed by atoms with Crippen molar-refractivity contribution in [3.05, 3.63) is 56.6 Å². The van der Waals surface area contributed by atoms with E-state index in [0.29, 0.717) is 5.56 Å². The summed E-state index contributed by atoms with van der Waals surface area (Å²) in [4.78, 5) is 30.6. The van der Waals surface area contributed by atoms with Gasteiger partial charge in [-0.1, -0.05) is 6.58 Å². The quantitative estimate of drug-likeness (QED) is 0.335.